The summed E-state index contributed by atoms with van der Waals surface area (Å²) in [7, 11) is -4.65. The smallest absolute Gasteiger partial charge is 0.462 e. The standard InChI is InChI=1S/C42H73O11P/c1-3-5-7-9-11-12-13-14-15-16-17-18-20-24-29-33-42(47)53-40(37-52-54(48,49)51-35-39(45)34-43)36-50-41(46)32-28-25-21-23-27-31-38(44)30-26-22-19-10-8-6-4-2/h12-15,19,22,26,30,39-40,43,45H,3-11,16-18,20-21,23-25,27-29,31-37H2,1-2H3,(H,48,49)/b13-12-,15-14-,22-19-,30-26+/t39-,40+/m0/s1. The SMILES string of the molecule is CCCCC/C=C\C=C\C(=O)CCCCCCCC(=O)OC[C@H](COP(=O)(O)OC[C@@H](O)CO)OC(=O)CCCCCCC/C=C\C=C/CCCCCC. The predicted octanol–water partition coefficient (Wildman–Crippen LogP) is 9.73. The number of ketones is 1. The first-order chi connectivity index (χ1) is 26.1. The van der Waals surface area contributed by atoms with Crippen molar-refractivity contribution in [1.29, 1.82) is 0 Å². The third kappa shape index (κ3) is 36.6. The molecule has 0 spiro atoms. The van der Waals surface area contributed by atoms with Gasteiger partial charge in [-0.3, -0.25) is 23.4 Å². The molecule has 0 rings (SSSR count). The number of rotatable bonds is 38. The van der Waals surface area contributed by atoms with Gasteiger partial charge in [-0.15, -0.1) is 0 Å². The van der Waals surface area contributed by atoms with Gasteiger partial charge in [0.25, 0.3) is 0 Å². The van der Waals surface area contributed by atoms with Crippen LogP contribution in [0, 0.1) is 0 Å². The van der Waals surface area contributed by atoms with Crippen LogP contribution in [0.15, 0.2) is 48.6 Å². The first-order valence-electron chi connectivity index (χ1n) is 20.6. The number of aliphatic hydroxyl groups excluding tert-OH is 2. The largest absolute Gasteiger partial charge is 0.472 e. The lowest BCUT2D eigenvalue weighted by Gasteiger charge is -2.20. The van der Waals surface area contributed by atoms with Crippen molar-refractivity contribution in [3.63, 3.8) is 0 Å². The maximum atomic E-state index is 12.6. The molecule has 0 fully saturated rings. The first kappa shape index (κ1) is 51.6. The van der Waals surface area contributed by atoms with Crippen molar-refractivity contribution in [3.05, 3.63) is 48.6 Å². The Labute approximate surface area is 326 Å². The summed E-state index contributed by atoms with van der Waals surface area (Å²) >= 11 is 0. The zero-order valence-electron chi connectivity index (χ0n) is 33.4. The highest BCUT2D eigenvalue weighted by Crippen LogP contribution is 2.43. The Balaban J connectivity index is 4.45. The van der Waals surface area contributed by atoms with E-state index in [1.807, 2.05) is 6.08 Å². The van der Waals surface area contributed by atoms with Gasteiger partial charge in [0.15, 0.2) is 11.9 Å². The third-order valence-electron chi connectivity index (χ3n) is 8.46. The lowest BCUT2D eigenvalue weighted by Crippen LogP contribution is -2.29. The number of aliphatic hydroxyl groups is 2. The molecule has 0 aliphatic carbocycles. The van der Waals surface area contributed by atoms with E-state index in [0.717, 1.165) is 70.6 Å². The molecule has 0 saturated carbocycles. The Bertz CT molecular complexity index is 1100. The van der Waals surface area contributed by atoms with Gasteiger partial charge in [-0.25, -0.2) is 4.57 Å². The van der Waals surface area contributed by atoms with Crippen molar-refractivity contribution >= 4 is 25.5 Å². The molecule has 3 atom stereocenters. The summed E-state index contributed by atoms with van der Waals surface area (Å²) in [5.74, 6) is -0.933. The lowest BCUT2D eigenvalue weighted by molar-refractivity contribution is -0.161. The number of carbonyl (C=O) groups excluding carboxylic acids is 3. The monoisotopic (exact) mass is 784 g/mol. The number of unbranched alkanes of at least 4 members (excludes halogenated alkanes) is 16. The van der Waals surface area contributed by atoms with Gasteiger partial charge in [0.1, 0.15) is 12.7 Å². The van der Waals surface area contributed by atoms with E-state index >= 15 is 0 Å². The Morgan fingerprint density at radius 3 is 1.65 bits per heavy atom. The zero-order chi connectivity index (χ0) is 40.0. The van der Waals surface area contributed by atoms with Gasteiger partial charge < -0.3 is 24.6 Å². The molecule has 0 amide bonds. The minimum atomic E-state index is -4.65. The summed E-state index contributed by atoms with van der Waals surface area (Å²) in [5.41, 5.74) is 0. The van der Waals surface area contributed by atoms with Crippen LogP contribution < -0.4 is 0 Å². The summed E-state index contributed by atoms with van der Waals surface area (Å²) in [6.45, 7) is 2.14. The number of carbonyl (C=O) groups is 3. The Kier molecular flexibility index (Phi) is 35.9. The highest BCUT2D eigenvalue weighted by molar-refractivity contribution is 7.47. The van der Waals surface area contributed by atoms with Crippen molar-refractivity contribution in [2.45, 2.75) is 174 Å². The van der Waals surface area contributed by atoms with Gasteiger partial charge in [0.05, 0.1) is 19.8 Å². The van der Waals surface area contributed by atoms with Gasteiger partial charge in [-0.2, -0.15) is 0 Å². The minimum absolute atomic E-state index is 0.105. The van der Waals surface area contributed by atoms with Crippen molar-refractivity contribution < 1.29 is 52.6 Å². The van der Waals surface area contributed by atoms with E-state index in [-0.39, 0.29) is 25.2 Å². The molecule has 0 aromatic carbocycles. The van der Waals surface area contributed by atoms with E-state index in [9.17, 15) is 28.9 Å². The molecule has 0 aliphatic rings. The topological polar surface area (TPSA) is 166 Å². The van der Waals surface area contributed by atoms with Crippen LogP contribution in [0.4, 0.5) is 0 Å². The molecule has 54 heavy (non-hydrogen) atoms. The number of esters is 2. The summed E-state index contributed by atoms with van der Waals surface area (Å²) in [4.78, 5) is 46.9. The number of ether oxygens (including phenoxy) is 2. The molecule has 0 bridgehead atoms. The second-order valence-corrected chi connectivity index (χ2v) is 15.2. The van der Waals surface area contributed by atoms with E-state index in [0.29, 0.717) is 19.3 Å². The Morgan fingerprint density at radius 1 is 0.593 bits per heavy atom. The van der Waals surface area contributed by atoms with Crippen LogP contribution in [0.25, 0.3) is 0 Å². The highest BCUT2D eigenvalue weighted by Gasteiger charge is 2.27. The predicted molar refractivity (Wildman–Crippen MR) is 215 cm³/mol. The van der Waals surface area contributed by atoms with Crippen LogP contribution in [0.3, 0.4) is 0 Å². The summed E-state index contributed by atoms with van der Waals surface area (Å²) < 4.78 is 32.5. The second kappa shape index (κ2) is 37.5. The van der Waals surface area contributed by atoms with Crippen molar-refractivity contribution in [2.75, 3.05) is 26.4 Å². The number of hydrogen-bond acceptors (Lipinski definition) is 10. The van der Waals surface area contributed by atoms with Crippen LogP contribution in [0.2, 0.25) is 0 Å². The van der Waals surface area contributed by atoms with Gasteiger partial charge >= 0.3 is 19.8 Å². The fourth-order valence-electron chi connectivity index (χ4n) is 5.20. The summed E-state index contributed by atoms with van der Waals surface area (Å²) in [6, 6.07) is 0. The van der Waals surface area contributed by atoms with E-state index in [2.05, 4.69) is 48.8 Å². The van der Waals surface area contributed by atoms with Crippen LogP contribution in [-0.2, 0) is 37.5 Å². The first-order valence-corrected chi connectivity index (χ1v) is 22.1. The average molecular weight is 785 g/mol. The Hall–Kier alpha value is -2.40. The highest BCUT2D eigenvalue weighted by atomic mass is 31.2. The van der Waals surface area contributed by atoms with Gasteiger partial charge in [-0.05, 0) is 63.9 Å². The van der Waals surface area contributed by atoms with E-state index in [1.54, 1.807) is 12.2 Å². The average Bonchev–Trinajstić information content (AvgIpc) is 3.15. The van der Waals surface area contributed by atoms with Crippen molar-refractivity contribution in [2.24, 2.45) is 0 Å². The van der Waals surface area contributed by atoms with Crippen LogP contribution in [0.5, 0.6) is 0 Å². The molecule has 0 radical (unpaired) electrons. The molecule has 312 valence electrons. The van der Waals surface area contributed by atoms with E-state index < -0.39 is 51.8 Å². The molecule has 0 aromatic rings. The summed E-state index contributed by atoms with van der Waals surface area (Å²) in [5, 5.41) is 18.3. The van der Waals surface area contributed by atoms with Crippen LogP contribution >= 0.6 is 7.82 Å². The third-order valence-corrected chi connectivity index (χ3v) is 9.41. The van der Waals surface area contributed by atoms with E-state index in [4.69, 9.17) is 19.1 Å². The quantitative estimate of drug-likeness (QED) is 0.0179. The van der Waals surface area contributed by atoms with Crippen molar-refractivity contribution in [1.82, 2.24) is 0 Å². The maximum absolute atomic E-state index is 12.6. The fraction of sp³-hybridized carbons (Fsp3) is 0.738. The molecule has 3 N–H and O–H groups in total. The van der Waals surface area contributed by atoms with Gasteiger partial charge in [-0.1, -0.05) is 127 Å². The molecule has 0 aromatic heterocycles. The van der Waals surface area contributed by atoms with Crippen molar-refractivity contribution in [3.8, 4) is 0 Å². The fourth-order valence-corrected chi connectivity index (χ4v) is 5.99. The molecule has 12 heteroatoms. The van der Waals surface area contributed by atoms with Gasteiger partial charge in [0.2, 0.25) is 0 Å². The van der Waals surface area contributed by atoms with Crippen LogP contribution in [-0.4, -0.2) is 71.5 Å². The molecule has 0 aliphatic heterocycles. The molecule has 0 saturated heterocycles. The normalized spacial score (nSPS) is 14.3. The van der Waals surface area contributed by atoms with E-state index in [1.165, 1.54) is 44.9 Å². The number of hydrogen-bond donors (Lipinski definition) is 3. The molecule has 11 nitrogen and oxygen atoms in total. The molecule has 1 unspecified atom stereocenters. The number of phosphoric acid groups is 1. The number of phosphoric ester groups is 1. The lowest BCUT2D eigenvalue weighted by atomic mass is 10.1. The maximum Gasteiger partial charge on any atom is 0.472 e. The number of allylic oxidation sites excluding steroid dienone is 8. The molecular weight excluding hydrogens is 711 g/mol. The molecule has 0 heterocycles. The second-order valence-electron chi connectivity index (χ2n) is 13.7. The van der Waals surface area contributed by atoms with Crippen LogP contribution in [0.1, 0.15) is 162 Å². The summed E-state index contributed by atoms with van der Waals surface area (Å²) in [6.07, 6.45) is 34.7. The Morgan fingerprint density at radius 2 is 1.06 bits per heavy atom. The minimum Gasteiger partial charge on any atom is -0.462 e. The van der Waals surface area contributed by atoms with Gasteiger partial charge in [0, 0.05) is 19.3 Å². The zero-order valence-corrected chi connectivity index (χ0v) is 34.3. The molecular formula is C42H73O11P.